The molecule has 0 aliphatic carbocycles. The minimum absolute atomic E-state index is 0.0458. The van der Waals surface area contributed by atoms with Crippen molar-refractivity contribution in [3.8, 4) is 0 Å². The smallest absolute Gasteiger partial charge is 0.246 e. The normalized spacial score (nSPS) is 16.9. The molecule has 0 aromatic heterocycles. The highest BCUT2D eigenvalue weighted by Gasteiger charge is 2.21. The first-order valence-corrected chi connectivity index (χ1v) is 10.9. The Morgan fingerprint density at radius 3 is 2.52 bits per heavy atom. The second-order valence-corrected chi connectivity index (χ2v) is 8.00. The Kier molecular flexibility index (Phi) is 6.67. The molecule has 4 rings (SSSR count). The summed E-state index contributed by atoms with van der Waals surface area (Å²) in [6, 6.07) is 16.0. The Bertz CT molecular complexity index is 949. The van der Waals surface area contributed by atoms with E-state index in [0.717, 1.165) is 56.1 Å². The standard InChI is InChI=1S/C25H29N3O3/c1-26(19-21-5-2-3-6-23(21)27-15-17-31-18-16-27)24(29)13-10-20-8-11-22(12-9-20)28-14-4-7-25(28)30/h2-3,5-6,8-13H,4,7,14-19H2,1H3/b13-10+. The van der Waals surface area contributed by atoms with Crippen LogP contribution in [0.2, 0.25) is 0 Å². The molecule has 2 aliphatic heterocycles. The average Bonchev–Trinajstić information content (AvgIpc) is 3.24. The third-order valence-electron chi connectivity index (χ3n) is 5.82. The van der Waals surface area contributed by atoms with E-state index in [0.29, 0.717) is 13.0 Å². The molecule has 2 saturated heterocycles. The van der Waals surface area contributed by atoms with Gasteiger partial charge in [0.2, 0.25) is 11.8 Å². The maximum atomic E-state index is 12.7. The summed E-state index contributed by atoms with van der Waals surface area (Å²) >= 11 is 0. The van der Waals surface area contributed by atoms with E-state index < -0.39 is 0 Å². The Balaban J connectivity index is 1.38. The molecule has 0 atom stereocenters. The molecule has 2 amide bonds. The van der Waals surface area contributed by atoms with Crippen LogP contribution in [0.4, 0.5) is 11.4 Å². The number of nitrogens with zero attached hydrogens (tertiary/aromatic N) is 3. The van der Waals surface area contributed by atoms with Crippen LogP contribution in [0.15, 0.2) is 54.6 Å². The zero-order valence-corrected chi connectivity index (χ0v) is 18.0. The van der Waals surface area contributed by atoms with Crippen molar-refractivity contribution in [1.82, 2.24) is 4.90 Å². The third-order valence-corrected chi connectivity index (χ3v) is 5.82. The summed E-state index contributed by atoms with van der Waals surface area (Å²) in [5.41, 5.74) is 4.16. The number of morpholine rings is 1. The Morgan fingerprint density at radius 2 is 1.81 bits per heavy atom. The predicted molar refractivity (Wildman–Crippen MR) is 123 cm³/mol. The van der Waals surface area contributed by atoms with Crippen molar-refractivity contribution in [1.29, 1.82) is 0 Å². The van der Waals surface area contributed by atoms with Gasteiger partial charge in [0.05, 0.1) is 13.2 Å². The molecule has 0 N–H and O–H groups in total. The van der Waals surface area contributed by atoms with Crippen LogP contribution in [-0.4, -0.2) is 56.6 Å². The summed E-state index contributed by atoms with van der Waals surface area (Å²) in [5.74, 6) is 0.132. The fourth-order valence-corrected chi connectivity index (χ4v) is 4.07. The first kappa shape index (κ1) is 21.1. The van der Waals surface area contributed by atoms with Crippen LogP contribution in [0.25, 0.3) is 6.08 Å². The number of anilines is 2. The summed E-state index contributed by atoms with van der Waals surface area (Å²) in [6.07, 6.45) is 4.96. The third kappa shape index (κ3) is 5.14. The summed E-state index contributed by atoms with van der Waals surface area (Å²) in [4.78, 5) is 30.4. The first-order chi connectivity index (χ1) is 15.1. The van der Waals surface area contributed by atoms with Crippen molar-refractivity contribution in [3.63, 3.8) is 0 Å². The molecule has 31 heavy (non-hydrogen) atoms. The van der Waals surface area contributed by atoms with Gasteiger partial charge in [0.25, 0.3) is 0 Å². The molecule has 0 saturated carbocycles. The molecule has 0 spiro atoms. The SMILES string of the molecule is CN(Cc1ccccc1N1CCOCC1)C(=O)/C=C/c1ccc(N2CCCC2=O)cc1. The van der Waals surface area contributed by atoms with Gasteiger partial charge in [-0.05, 0) is 41.8 Å². The van der Waals surface area contributed by atoms with Crippen molar-refractivity contribution in [3.05, 3.63) is 65.7 Å². The minimum Gasteiger partial charge on any atom is -0.378 e. The second-order valence-electron chi connectivity index (χ2n) is 8.00. The van der Waals surface area contributed by atoms with Crippen LogP contribution >= 0.6 is 0 Å². The van der Waals surface area contributed by atoms with E-state index in [1.165, 1.54) is 5.69 Å². The van der Waals surface area contributed by atoms with Gasteiger partial charge >= 0.3 is 0 Å². The maximum absolute atomic E-state index is 12.7. The van der Waals surface area contributed by atoms with Crippen molar-refractivity contribution in [2.45, 2.75) is 19.4 Å². The molecule has 2 aromatic carbocycles. The van der Waals surface area contributed by atoms with Gasteiger partial charge in [-0.1, -0.05) is 30.3 Å². The number of carbonyl (C=O) groups is 2. The summed E-state index contributed by atoms with van der Waals surface area (Å²) in [7, 11) is 1.82. The first-order valence-electron chi connectivity index (χ1n) is 10.9. The van der Waals surface area contributed by atoms with Crippen LogP contribution in [0.1, 0.15) is 24.0 Å². The molecule has 0 radical (unpaired) electrons. The van der Waals surface area contributed by atoms with E-state index in [2.05, 4.69) is 17.0 Å². The fourth-order valence-electron chi connectivity index (χ4n) is 4.07. The van der Waals surface area contributed by atoms with Crippen LogP contribution < -0.4 is 9.80 Å². The van der Waals surface area contributed by atoms with Crippen molar-refractivity contribution >= 4 is 29.3 Å². The number of benzene rings is 2. The number of ether oxygens (including phenoxy) is 1. The topological polar surface area (TPSA) is 53.1 Å². The van der Waals surface area contributed by atoms with Gasteiger partial charge in [-0.2, -0.15) is 0 Å². The Morgan fingerprint density at radius 1 is 1.06 bits per heavy atom. The predicted octanol–water partition coefficient (Wildman–Crippen LogP) is 3.32. The van der Waals surface area contributed by atoms with Gasteiger partial charge < -0.3 is 19.4 Å². The molecule has 2 heterocycles. The number of rotatable bonds is 6. The highest BCUT2D eigenvalue weighted by Crippen LogP contribution is 2.24. The fraction of sp³-hybridized carbons (Fsp3) is 0.360. The monoisotopic (exact) mass is 419 g/mol. The molecule has 0 bridgehead atoms. The molecule has 0 unspecified atom stereocenters. The number of para-hydroxylation sites is 1. The van der Waals surface area contributed by atoms with E-state index in [1.54, 1.807) is 11.0 Å². The minimum atomic E-state index is -0.0458. The number of amides is 2. The number of likely N-dealkylation sites (N-methyl/N-ethyl adjacent to an activating group) is 1. The highest BCUT2D eigenvalue weighted by atomic mass is 16.5. The summed E-state index contributed by atoms with van der Waals surface area (Å²) < 4.78 is 5.46. The zero-order valence-electron chi connectivity index (χ0n) is 18.0. The number of carbonyl (C=O) groups excluding carboxylic acids is 2. The van der Waals surface area contributed by atoms with E-state index in [-0.39, 0.29) is 11.8 Å². The Hall–Kier alpha value is -3.12. The molecule has 162 valence electrons. The molecule has 2 fully saturated rings. The van der Waals surface area contributed by atoms with Gasteiger partial charge in [0, 0.05) is 57.1 Å². The van der Waals surface area contributed by atoms with E-state index in [9.17, 15) is 9.59 Å². The van der Waals surface area contributed by atoms with Crippen molar-refractivity contribution in [2.24, 2.45) is 0 Å². The van der Waals surface area contributed by atoms with Crippen LogP contribution in [0, 0.1) is 0 Å². The van der Waals surface area contributed by atoms with Gasteiger partial charge in [-0.25, -0.2) is 0 Å². The quantitative estimate of drug-likeness (QED) is 0.674. The lowest BCUT2D eigenvalue weighted by molar-refractivity contribution is -0.125. The largest absolute Gasteiger partial charge is 0.378 e. The van der Waals surface area contributed by atoms with Crippen molar-refractivity contribution < 1.29 is 14.3 Å². The van der Waals surface area contributed by atoms with Crippen LogP contribution in [0.5, 0.6) is 0 Å². The van der Waals surface area contributed by atoms with Gasteiger partial charge in [-0.3, -0.25) is 9.59 Å². The molecular formula is C25H29N3O3. The second kappa shape index (κ2) is 9.79. The van der Waals surface area contributed by atoms with E-state index in [4.69, 9.17) is 4.74 Å². The zero-order chi connectivity index (χ0) is 21.6. The van der Waals surface area contributed by atoms with Crippen LogP contribution in [0.3, 0.4) is 0 Å². The highest BCUT2D eigenvalue weighted by molar-refractivity contribution is 5.95. The summed E-state index contributed by atoms with van der Waals surface area (Å²) in [6.45, 7) is 4.53. The molecule has 6 nitrogen and oxygen atoms in total. The molecule has 2 aromatic rings. The van der Waals surface area contributed by atoms with E-state index in [1.807, 2.05) is 54.4 Å². The molecule has 2 aliphatic rings. The lowest BCUT2D eigenvalue weighted by Gasteiger charge is -2.31. The number of hydrogen-bond acceptors (Lipinski definition) is 4. The van der Waals surface area contributed by atoms with Gasteiger partial charge in [0.1, 0.15) is 0 Å². The maximum Gasteiger partial charge on any atom is 0.246 e. The molecule has 6 heteroatoms. The van der Waals surface area contributed by atoms with Gasteiger partial charge in [0.15, 0.2) is 0 Å². The summed E-state index contributed by atoms with van der Waals surface area (Å²) in [5, 5.41) is 0. The van der Waals surface area contributed by atoms with Crippen LogP contribution in [-0.2, 0) is 20.9 Å². The average molecular weight is 420 g/mol. The molecular weight excluding hydrogens is 390 g/mol. The lowest BCUT2D eigenvalue weighted by atomic mass is 10.1. The van der Waals surface area contributed by atoms with E-state index >= 15 is 0 Å². The van der Waals surface area contributed by atoms with Gasteiger partial charge in [-0.15, -0.1) is 0 Å². The Labute approximate surface area is 183 Å². The number of hydrogen-bond donors (Lipinski definition) is 0. The van der Waals surface area contributed by atoms with Crippen molar-refractivity contribution in [2.75, 3.05) is 49.7 Å². The lowest BCUT2D eigenvalue weighted by Crippen LogP contribution is -2.37.